The molecule has 1 saturated heterocycles. The van der Waals surface area contributed by atoms with Crippen LogP contribution in [0.3, 0.4) is 0 Å². The summed E-state index contributed by atoms with van der Waals surface area (Å²) < 4.78 is 11.2. The number of carbonyl (C=O) groups is 3. The number of hydrogen-bond acceptors (Lipinski definition) is 10. The smallest absolute Gasteiger partial charge is 0.249 e. The third-order valence-corrected chi connectivity index (χ3v) is 7.82. The monoisotopic (exact) mass is 627 g/mol. The van der Waals surface area contributed by atoms with E-state index in [1.165, 1.54) is 6.33 Å². The number of likely N-dealkylation sites (N-methyl/N-ethyl adjacent to an activating group) is 1. The molecular weight excluding hydrogens is 586 g/mol. The number of carbonyl (C=O) groups excluding carboxylic acids is 3. The number of ether oxygens (including phenoxy) is 2. The second-order valence-electron chi connectivity index (χ2n) is 11.3. The average molecular weight is 628 g/mol. The Morgan fingerprint density at radius 1 is 1.07 bits per heavy atom. The first-order valence-electron chi connectivity index (χ1n) is 14.3. The minimum Gasteiger partial charge on any atom is -0.496 e. The molecule has 44 heavy (non-hydrogen) atoms. The summed E-state index contributed by atoms with van der Waals surface area (Å²) in [5.74, 6) is 0.476. The number of nitrogens with one attached hydrogen (secondary N) is 5. The normalized spacial score (nSPS) is 15.9. The number of imide groups is 1. The van der Waals surface area contributed by atoms with Crippen LogP contribution in [-0.2, 0) is 20.8 Å². The zero-order valence-corrected chi connectivity index (χ0v) is 26.8. The molecule has 1 fully saturated rings. The fraction of sp³-hybridized carbons (Fsp3) is 0.452. The van der Waals surface area contributed by atoms with Crippen molar-refractivity contribution in [1.29, 1.82) is 0 Å². The SMILES string of the molecule is CN[C@@H](C)C(=O)N[C@H](C(=O)NC(=O)[C@@H]1CCCN1)C(C)(C)Cc1cc2c(Nc3ccccc3OC)ncnc2cc1OC.Cl. The maximum absolute atomic E-state index is 13.6. The van der Waals surface area contributed by atoms with E-state index in [-0.39, 0.29) is 18.3 Å². The topological polar surface area (TPSA) is 156 Å². The molecule has 0 unspecified atom stereocenters. The van der Waals surface area contributed by atoms with Gasteiger partial charge in [-0.15, -0.1) is 12.4 Å². The van der Waals surface area contributed by atoms with Crippen LogP contribution < -0.4 is 36.1 Å². The lowest BCUT2D eigenvalue weighted by molar-refractivity contribution is -0.137. The van der Waals surface area contributed by atoms with E-state index in [0.717, 1.165) is 29.6 Å². The summed E-state index contributed by atoms with van der Waals surface area (Å²) in [6, 6.07) is 9.26. The first-order chi connectivity index (χ1) is 20.6. The van der Waals surface area contributed by atoms with Gasteiger partial charge in [-0.25, -0.2) is 9.97 Å². The molecule has 3 amide bonds. The van der Waals surface area contributed by atoms with Crippen LogP contribution in [0.1, 0.15) is 39.2 Å². The van der Waals surface area contributed by atoms with E-state index in [4.69, 9.17) is 9.47 Å². The van der Waals surface area contributed by atoms with Gasteiger partial charge in [-0.1, -0.05) is 26.0 Å². The number of amides is 3. The molecule has 4 rings (SSSR count). The molecule has 238 valence electrons. The molecular formula is C31H42ClN7O5. The zero-order valence-electron chi connectivity index (χ0n) is 25.9. The van der Waals surface area contributed by atoms with Gasteiger partial charge in [0.2, 0.25) is 17.7 Å². The first kappa shape index (κ1) is 34.5. The van der Waals surface area contributed by atoms with Crippen LogP contribution in [0.2, 0.25) is 0 Å². The lowest BCUT2D eigenvalue weighted by Gasteiger charge is -2.35. The Morgan fingerprint density at radius 3 is 2.45 bits per heavy atom. The number of fused-ring (bicyclic) bond motifs is 1. The minimum absolute atomic E-state index is 0. The van der Waals surface area contributed by atoms with Crippen molar-refractivity contribution in [2.75, 3.05) is 33.1 Å². The molecule has 12 nitrogen and oxygen atoms in total. The molecule has 1 aromatic heterocycles. The molecule has 2 aromatic carbocycles. The van der Waals surface area contributed by atoms with Crippen molar-refractivity contribution in [3.8, 4) is 11.5 Å². The van der Waals surface area contributed by atoms with Crippen LogP contribution in [-0.4, -0.2) is 73.6 Å². The molecule has 0 spiro atoms. The van der Waals surface area contributed by atoms with Gasteiger partial charge in [-0.2, -0.15) is 0 Å². The van der Waals surface area contributed by atoms with Crippen LogP contribution in [0.4, 0.5) is 11.5 Å². The summed E-state index contributed by atoms with van der Waals surface area (Å²) in [6.07, 6.45) is 3.30. The summed E-state index contributed by atoms with van der Waals surface area (Å²) in [5, 5.41) is 15.5. The van der Waals surface area contributed by atoms with Crippen molar-refractivity contribution in [2.24, 2.45) is 5.41 Å². The first-order valence-corrected chi connectivity index (χ1v) is 14.3. The van der Waals surface area contributed by atoms with Crippen molar-refractivity contribution in [3.05, 3.63) is 48.3 Å². The van der Waals surface area contributed by atoms with Crippen molar-refractivity contribution >= 4 is 52.5 Å². The number of hydrogen-bond donors (Lipinski definition) is 5. The zero-order chi connectivity index (χ0) is 31.1. The number of methoxy groups -OCH3 is 2. The lowest BCUT2D eigenvalue weighted by atomic mass is 9.77. The largest absolute Gasteiger partial charge is 0.496 e. The van der Waals surface area contributed by atoms with E-state index in [9.17, 15) is 14.4 Å². The van der Waals surface area contributed by atoms with Gasteiger partial charge < -0.3 is 30.7 Å². The molecule has 1 aliphatic heterocycles. The lowest BCUT2D eigenvalue weighted by Crippen LogP contribution is -2.59. The van der Waals surface area contributed by atoms with Gasteiger partial charge in [0.15, 0.2) is 0 Å². The van der Waals surface area contributed by atoms with Crippen LogP contribution in [0, 0.1) is 5.41 Å². The van der Waals surface area contributed by atoms with E-state index < -0.39 is 35.4 Å². The van der Waals surface area contributed by atoms with Crippen molar-refractivity contribution in [1.82, 2.24) is 31.2 Å². The van der Waals surface area contributed by atoms with Gasteiger partial charge in [0.25, 0.3) is 0 Å². The van der Waals surface area contributed by atoms with Gasteiger partial charge in [0.05, 0.1) is 37.5 Å². The summed E-state index contributed by atoms with van der Waals surface area (Å²) in [5.41, 5.74) is 1.31. The van der Waals surface area contributed by atoms with E-state index >= 15 is 0 Å². The molecule has 0 saturated carbocycles. The fourth-order valence-corrected chi connectivity index (χ4v) is 5.23. The number of para-hydroxylation sites is 2. The quantitative estimate of drug-likeness (QED) is 0.202. The Balaban J connectivity index is 0.00000529. The summed E-state index contributed by atoms with van der Waals surface area (Å²) in [6.45, 7) is 6.17. The highest BCUT2D eigenvalue weighted by Gasteiger charge is 2.39. The summed E-state index contributed by atoms with van der Waals surface area (Å²) >= 11 is 0. The van der Waals surface area contributed by atoms with Gasteiger partial charge in [0.1, 0.15) is 29.7 Å². The summed E-state index contributed by atoms with van der Waals surface area (Å²) in [4.78, 5) is 48.4. The number of halogens is 1. The highest BCUT2D eigenvalue weighted by atomic mass is 35.5. The molecule has 3 aromatic rings. The second-order valence-corrected chi connectivity index (χ2v) is 11.3. The number of nitrogens with zero attached hydrogens (tertiary/aromatic N) is 2. The number of aromatic nitrogens is 2. The average Bonchev–Trinajstić information content (AvgIpc) is 3.54. The Morgan fingerprint density at radius 2 is 1.80 bits per heavy atom. The molecule has 3 atom stereocenters. The number of benzene rings is 2. The minimum atomic E-state index is -1.03. The Kier molecular flexibility index (Phi) is 11.9. The van der Waals surface area contributed by atoms with Crippen molar-refractivity contribution < 1.29 is 23.9 Å². The molecule has 13 heteroatoms. The van der Waals surface area contributed by atoms with E-state index in [2.05, 4.69) is 36.6 Å². The van der Waals surface area contributed by atoms with E-state index in [1.807, 2.05) is 50.2 Å². The van der Waals surface area contributed by atoms with Gasteiger partial charge in [0, 0.05) is 11.5 Å². The van der Waals surface area contributed by atoms with E-state index in [0.29, 0.717) is 35.7 Å². The maximum atomic E-state index is 13.6. The molecule has 0 bridgehead atoms. The molecule has 5 N–H and O–H groups in total. The maximum Gasteiger partial charge on any atom is 0.249 e. The van der Waals surface area contributed by atoms with Gasteiger partial charge in [-0.3, -0.25) is 19.7 Å². The van der Waals surface area contributed by atoms with Crippen LogP contribution in [0.15, 0.2) is 42.7 Å². The standard InChI is InChI=1S/C31H41N7O5.ClH/c1-18(32-4)28(39)37-26(30(41)38-29(40)22-11-9-13-33-22)31(2,3)16-19-14-20-23(15-25(19)43-6)34-17-35-27(20)36-21-10-7-8-12-24(21)42-5;/h7-8,10,12,14-15,17-18,22,26,32-33H,9,11,13,16H2,1-6H3,(H,37,39)(H,34,35,36)(H,38,40,41);1H/t18-,22-,26+;/m0./s1. The van der Waals surface area contributed by atoms with Crippen LogP contribution >= 0.6 is 12.4 Å². The highest BCUT2D eigenvalue weighted by molar-refractivity contribution is 6.02. The molecule has 0 aliphatic carbocycles. The second kappa shape index (κ2) is 15.1. The van der Waals surface area contributed by atoms with Gasteiger partial charge in [-0.05, 0) is 69.0 Å². The Hall–Kier alpha value is -4.00. The van der Waals surface area contributed by atoms with Crippen LogP contribution in [0.5, 0.6) is 11.5 Å². The fourth-order valence-electron chi connectivity index (χ4n) is 5.23. The van der Waals surface area contributed by atoms with E-state index in [1.54, 1.807) is 28.2 Å². The van der Waals surface area contributed by atoms with Crippen molar-refractivity contribution in [2.45, 2.75) is 58.2 Å². The van der Waals surface area contributed by atoms with Crippen LogP contribution in [0.25, 0.3) is 10.9 Å². The summed E-state index contributed by atoms with van der Waals surface area (Å²) in [7, 11) is 4.84. The van der Waals surface area contributed by atoms with Gasteiger partial charge >= 0.3 is 0 Å². The third kappa shape index (κ3) is 7.93. The van der Waals surface area contributed by atoms with Crippen molar-refractivity contribution in [3.63, 3.8) is 0 Å². The predicted molar refractivity (Wildman–Crippen MR) is 172 cm³/mol. The molecule has 2 heterocycles. The molecule has 1 aliphatic rings. The third-order valence-electron chi connectivity index (χ3n) is 7.82. The Bertz CT molecular complexity index is 1480. The predicted octanol–water partition coefficient (Wildman–Crippen LogP) is 2.87. The number of anilines is 2. The Labute approximate surface area is 263 Å². The number of rotatable bonds is 12. The molecule has 0 radical (unpaired) electrons. The highest BCUT2D eigenvalue weighted by Crippen LogP contribution is 2.36.